The standard InChI is InChI=1S/C21H23N3O3S/c1-15-23-21(14-27-15)17-7-9-19(10-8-17)28(25,26)24-12-18(11-22)20(13-24)16-5-3-2-4-6-16/h2-10,14,18,20H,11-13,22H2,1H3/t18-,20+/m1/s1. The van der Waals surface area contributed by atoms with Gasteiger partial charge in [-0.3, -0.25) is 0 Å². The third kappa shape index (κ3) is 3.48. The third-order valence-electron chi connectivity index (χ3n) is 5.34. The lowest BCUT2D eigenvalue weighted by Crippen LogP contribution is -2.30. The van der Waals surface area contributed by atoms with E-state index >= 15 is 0 Å². The minimum Gasteiger partial charge on any atom is -0.449 e. The Hall–Kier alpha value is -2.48. The fourth-order valence-corrected chi connectivity index (χ4v) is 5.31. The predicted octanol–water partition coefficient (Wildman–Crippen LogP) is 3.01. The van der Waals surface area contributed by atoms with Crippen LogP contribution in [0, 0.1) is 12.8 Å². The highest BCUT2D eigenvalue weighted by Gasteiger charge is 2.39. The Morgan fingerprint density at radius 1 is 1.11 bits per heavy atom. The molecule has 0 radical (unpaired) electrons. The Morgan fingerprint density at radius 2 is 1.82 bits per heavy atom. The number of aryl methyl sites for hydroxylation is 1. The van der Waals surface area contributed by atoms with Crippen LogP contribution in [-0.2, 0) is 10.0 Å². The van der Waals surface area contributed by atoms with Gasteiger partial charge in [-0.15, -0.1) is 0 Å². The molecule has 4 rings (SSSR count). The van der Waals surface area contributed by atoms with Gasteiger partial charge in [0.2, 0.25) is 10.0 Å². The molecule has 1 fully saturated rings. The van der Waals surface area contributed by atoms with Crippen molar-refractivity contribution in [2.75, 3.05) is 19.6 Å². The van der Waals surface area contributed by atoms with Crippen molar-refractivity contribution in [3.8, 4) is 11.3 Å². The van der Waals surface area contributed by atoms with Crippen LogP contribution in [0.1, 0.15) is 17.4 Å². The molecule has 0 spiro atoms. The van der Waals surface area contributed by atoms with E-state index in [1.54, 1.807) is 41.8 Å². The van der Waals surface area contributed by atoms with Gasteiger partial charge in [-0.2, -0.15) is 4.31 Å². The number of nitrogens with zero attached hydrogens (tertiary/aromatic N) is 2. The Morgan fingerprint density at radius 3 is 2.43 bits per heavy atom. The van der Waals surface area contributed by atoms with Gasteiger partial charge in [-0.05, 0) is 30.2 Å². The fraction of sp³-hybridized carbons (Fsp3) is 0.286. The number of benzene rings is 2. The average Bonchev–Trinajstić information content (AvgIpc) is 3.35. The first kappa shape index (κ1) is 18.9. The summed E-state index contributed by atoms with van der Waals surface area (Å²) in [7, 11) is -3.58. The molecule has 0 aliphatic carbocycles. The minimum atomic E-state index is -3.58. The van der Waals surface area contributed by atoms with Gasteiger partial charge in [-0.1, -0.05) is 42.5 Å². The van der Waals surface area contributed by atoms with E-state index in [0.717, 1.165) is 11.1 Å². The largest absolute Gasteiger partial charge is 0.449 e. The molecule has 0 bridgehead atoms. The van der Waals surface area contributed by atoms with Crippen molar-refractivity contribution in [2.45, 2.75) is 17.7 Å². The number of hydrogen-bond acceptors (Lipinski definition) is 5. The van der Waals surface area contributed by atoms with Crippen LogP contribution in [-0.4, -0.2) is 37.3 Å². The second-order valence-electron chi connectivity index (χ2n) is 7.11. The molecule has 1 aromatic heterocycles. The van der Waals surface area contributed by atoms with Crippen molar-refractivity contribution in [2.24, 2.45) is 11.7 Å². The van der Waals surface area contributed by atoms with E-state index in [9.17, 15) is 8.42 Å². The average molecular weight is 398 g/mol. The Bertz CT molecular complexity index is 1050. The van der Waals surface area contributed by atoms with Gasteiger partial charge in [0.25, 0.3) is 0 Å². The van der Waals surface area contributed by atoms with Gasteiger partial charge in [0.1, 0.15) is 12.0 Å². The molecule has 1 aliphatic rings. The topological polar surface area (TPSA) is 89.4 Å². The zero-order chi connectivity index (χ0) is 19.7. The maximum atomic E-state index is 13.2. The van der Waals surface area contributed by atoms with Crippen molar-refractivity contribution >= 4 is 10.0 Å². The lowest BCUT2D eigenvalue weighted by molar-refractivity contribution is 0.459. The molecule has 146 valence electrons. The van der Waals surface area contributed by atoms with Crippen LogP contribution in [0.25, 0.3) is 11.3 Å². The van der Waals surface area contributed by atoms with Gasteiger partial charge in [0, 0.05) is 31.5 Å². The molecule has 2 heterocycles. The maximum absolute atomic E-state index is 13.2. The monoisotopic (exact) mass is 397 g/mol. The Kier molecular flexibility index (Phi) is 5.05. The van der Waals surface area contributed by atoms with Crippen LogP contribution in [0.2, 0.25) is 0 Å². The minimum absolute atomic E-state index is 0.106. The first-order valence-electron chi connectivity index (χ1n) is 9.27. The molecule has 0 amide bonds. The molecule has 2 N–H and O–H groups in total. The smallest absolute Gasteiger partial charge is 0.243 e. The predicted molar refractivity (Wildman–Crippen MR) is 107 cm³/mol. The third-order valence-corrected chi connectivity index (χ3v) is 7.19. The lowest BCUT2D eigenvalue weighted by atomic mass is 9.89. The number of hydrogen-bond donors (Lipinski definition) is 1. The number of nitrogens with two attached hydrogens (primary N) is 1. The Labute approximate surface area is 165 Å². The summed E-state index contributed by atoms with van der Waals surface area (Å²) in [5, 5.41) is 0. The Balaban J connectivity index is 1.58. The van der Waals surface area contributed by atoms with Crippen LogP contribution >= 0.6 is 0 Å². The molecule has 2 aromatic carbocycles. The lowest BCUT2D eigenvalue weighted by Gasteiger charge is -2.17. The normalized spacial score (nSPS) is 20.5. The maximum Gasteiger partial charge on any atom is 0.243 e. The fourth-order valence-electron chi connectivity index (χ4n) is 3.79. The molecular weight excluding hydrogens is 374 g/mol. The highest BCUT2D eigenvalue weighted by molar-refractivity contribution is 7.89. The molecule has 2 atom stereocenters. The molecular formula is C21H23N3O3S. The molecule has 6 nitrogen and oxygen atoms in total. The number of rotatable bonds is 5. The van der Waals surface area contributed by atoms with Crippen LogP contribution in [0.3, 0.4) is 0 Å². The first-order valence-corrected chi connectivity index (χ1v) is 10.7. The summed E-state index contributed by atoms with van der Waals surface area (Å²) in [5.74, 6) is 0.788. The summed E-state index contributed by atoms with van der Waals surface area (Å²) in [6, 6.07) is 16.8. The van der Waals surface area contributed by atoms with Gasteiger partial charge in [-0.25, -0.2) is 13.4 Å². The van der Waals surface area contributed by atoms with E-state index in [0.29, 0.717) is 31.2 Å². The number of aromatic nitrogens is 1. The van der Waals surface area contributed by atoms with Crippen molar-refractivity contribution < 1.29 is 12.8 Å². The van der Waals surface area contributed by atoms with Crippen molar-refractivity contribution in [3.63, 3.8) is 0 Å². The highest BCUT2D eigenvalue weighted by atomic mass is 32.2. The van der Waals surface area contributed by atoms with Crippen LogP contribution in [0.4, 0.5) is 0 Å². The number of oxazole rings is 1. The highest BCUT2D eigenvalue weighted by Crippen LogP contribution is 2.35. The quantitative estimate of drug-likeness (QED) is 0.715. The second-order valence-corrected chi connectivity index (χ2v) is 9.05. The van der Waals surface area contributed by atoms with E-state index in [2.05, 4.69) is 4.98 Å². The van der Waals surface area contributed by atoms with Crippen LogP contribution < -0.4 is 5.73 Å². The summed E-state index contributed by atoms with van der Waals surface area (Å²) in [6.07, 6.45) is 1.57. The van der Waals surface area contributed by atoms with Gasteiger partial charge in [0.05, 0.1) is 4.90 Å². The number of sulfonamides is 1. The van der Waals surface area contributed by atoms with E-state index in [4.69, 9.17) is 10.2 Å². The van der Waals surface area contributed by atoms with Crippen LogP contribution in [0.15, 0.2) is 70.2 Å². The molecule has 0 unspecified atom stereocenters. The first-order chi connectivity index (χ1) is 13.5. The van der Waals surface area contributed by atoms with E-state index < -0.39 is 10.0 Å². The van der Waals surface area contributed by atoms with Crippen LogP contribution in [0.5, 0.6) is 0 Å². The van der Waals surface area contributed by atoms with E-state index in [1.807, 2.05) is 30.3 Å². The van der Waals surface area contributed by atoms with Gasteiger partial charge >= 0.3 is 0 Å². The van der Waals surface area contributed by atoms with Crippen molar-refractivity contribution in [3.05, 3.63) is 72.3 Å². The summed E-state index contributed by atoms with van der Waals surface area (Å²) >= 11 is 0. The van der Waals surface area contributed by atoms with Gasteiger partial charge in [0.15, 0.2) is 5.89 Å². The zero-order valence-electron chi connectivity index (χ0n) is 15.7. The molecule has 1 aliphatic heterocycles. The summed E-state index contributed by atoms with van der Waals surface area (Å²) in [5.41, 5.74) is 8.60. The van der Waals surface area contributed by atoms with E-state index in [1.165, 1.54) is 0 Å². The molecule has 28 heavy (non-hydrogen) atoms. The molecule has 1 saturated heterocycles. The molecule has 7 heteroatoms. The molecule has 0 saturated carbocycles. The van der Waals surface area contributed by atoms with Crippen molar-refractivity contribution in [1.82, 2.24) is 9.29 Å². The zero-order valence-corrected chi connectivity index (χ0v) is 16.5. The second kappa shape index (κ2) is 7.50. The summed E-state index contributed by atoms with van der Waals surface area (Å²) in [4.78, 5) is 4.55. The van der Waals surface area contributed by atoms with Crippen molar-refractivity contribution in [1.29, 1.82) is 0 Å². The molecule has 3 aromatic rings. The van der Waals surface area contributed by atoms with E-state index in [-0.39, 0.29) is 16.7 Å². The van der Waals surface area contributed by atoms with Gasteiger partial charge < -0.3 is 10.2 Å². The summed E-state index contributed by atoms with van der Waals surface area (Å²) < 4.78 is 33.1. The SMILES string of the molecule is Cc1nc(-c2ccc(S(=O)(=O)N3C[C@@H](CN)[C@H](c4ccccc4)C3)cc2)co1. The summed E-state index contributed by atoms with van der Waals surface area (Å²) in [6.45, 7) is 3.10.